The van der Waals surface area contributed by atoms with Gasteiger partial charge < -0.3 is 14.6 Å². The predicted octanol–water partition coefficient (Wildman–Crippen LogP) is -0.318. The molecule has 1 unspecified atom stereocenters. The van der Waals surface area contributed by atoms with Crippen LogP contribution in [0.15, 0.2) is 0 Å². The molecule has 0 bridgehead atoms. The van der Waals surface area contributed by atoms with Crippen molar-refractivity contribution in [3.63, 3.8) is 0 Å². The number of ether oxygens (including phenoxy) is 2. The van der Waals surface area contributed by atoms with Crippen LogP contribution in [0.1, 0.15) is 6.42 Å². The molecule has 78 valence electrons. The lowest BCUT2D eigenvalue weighted by Crippen LogP contribution is -2.55. The number of nitrogens with zero attached hydrogens (tertiary/aromatic N) is 1. The van der Waals surface area contributed by atoms with Gasteiger partial charge in [-0.3, -0.25) is 4.90 Å². The quantitative estimate of drug-likeness (QED) is 0.662. The molecule has 0 aromatic heterocycles. The van der Waals surface area contributed by atoms with Gasteiger partial charge >= 0.3 is 12.1 Å². The van der Waals surface area contributed by atoms with Crippen LogP contribution in [-0.2, 0) is 14.3 Å². The molecule has 1 amide bonds. The Kier molecular flexibility index (Phi) is 2.07. The van der Waals surface area contributed by atoms with Crippen molar-refractivity contribution in [2.45, 2.75) is 12.0 Å². The lowest BCUT2D eigenvalue weighted by molar-refractivity contribution is -0.149. The molecule has 0 aromatic rings. The number of cyclic esters (lactones) is 1. The van der Waals surface area contributed by atoms with Crippen LogP contribution < -0.4 is 0 Å². The maximum Gasteiger partial charge on any atom is 0.410 e. The summed E-state index contributed by atoms with van der Waals surface area (Å²) in [5.74, 6) is -1.02. The van der Waals surface area contributed by atoms with Gasteiger partial charge in [0.15, 0.2) is 5.54 Å². The zero-order valence-corrected chi connectivity index (χ0v) is 7.56. The van der Waals surface area contributed by atoms with Gasteiger partial charge in [-0.25, -0.2) is 9.59 Å². The van der Waals surface area contributed by atoms with Crippen molar-refractivity contribution in [3.05, 3.63) is 0 Å². The Labute approximate surface area is 80.4 Å². The van der Waals surface area contributed by atoms with E-state index >= 15 is 0 Å². The summed E-state index contributed by atoms with van der Waals surface area (Å²) in [4.78, 5) is 23.6. The highest BCUT2D eigenvalue weighted by molar-refractivity contribution is 5.85. The number of carboxylic acid groups (broad SMARTS) is 1. The van der Waals surface area contributed by atoms with Crippen LogP contribution in [0.5, 0.6) is 0 Å². The van der Waals surface area contributed by atoms with Gasteiger partial charge in [0.25, 0.3) is 0 Å². The summed E-state index contributed by atoms with van der Waals surface area (Å²) in [6.45, 7) is 1.01. The van der Waals surface area contributed by atoms with E-state index in [1.807, 2.05) is 0 Å². The highest BCUT2D eigenvalue weighted by Gasteiger charge is 2.52. The molecule has 2 heterocycles. The summed E-state index contributed by atoms with van der Waals surface area (Å²) in [6, 6.07) is 0. The second kappa shape index (κ2) is 3.13. The highest BCUT2D eigenvalue weighted by atomic mass is 16.6. The van der Waals surface area contributed by atoms with E-state index < -0.39 is 17.6 Å². The summed E-state index contributed by atoms with van der Waals surface area (Å²) in [5, 5.41) is 9.11. The Morgan fingerprint density at radius 3 is 2.71 bits per heavy atom. The zero-order chi connectivity index (χ0) is 10.2. The van der Waals surface area contributed by atoms with Crippen molar-refractivity contribution >= 4 is 12.1 Å². The van der Waals surface area contributed by atoms with E-state index in [-0.39, 0.29) is 13.2 Å². The largest absolute Gasteiger partial charge is 0.479 e. The first-order valence-corrected chi connectivity index (χ1v) is 4.42. The molecule has 6 nitrogen and oxygen atoms in total. The van der Waals surface area contributed by atoms with E-state index in [1.165, 1.54) is 4.90 Å². The number of hydrogen-bond acceptors (Lipinski definition) is 4. The normalized spacial score (nSPS) is 32.0. The number of rotatable bonds is 2. The summed E-state index contributed by atoms with van der Waals surface area (Å²) < 4.78 is 9.77. The molecule has 2 aliphatic heterocycles. The van der Waals surface area contributed by atoms with Gasteiger partial charge in [0.1, 0.15) is 6.61 Å². The fourth-order valence-corrected chi connectivity index (χ4v) is 1.83. The molecule has 0 saturated carbocycles. The average molecular weight is 201 g/mol. The Hall–Kier alpha value is -1.30. The minimum atomic E-state index is -1.20. The van der Waals surface area contributed by atoms with Crippen LogP contribution in [0.4, 0.5) is 4.79 Å². The highest BCUT2D eigenvalue weighted by Crippen LogP contribution is 2.29. The second-order valence-electron chi connectivity index (χ2n) is 3.41. The predicted molar refractivity (Wildman–Crippen MR) is 43.9 cm³/mol. The Morgan fingerprint density at radius 2 is 2.29 bits per heavy atom. The van der Waals surface area contributed by atoms with Crippen LogP contribution in [0.25, 0.3) is 0 Å². The zero-order valence-electron chi connectivity index (χ0n) is 7.56. The lowest BCUT2D eigenvalue weighted by atomic mass is 9.97. The number of carboxylic acids is 1. The average Bonchev–Trinajstić information content (AvgIpc) is 2.72. The Balaban J connectivity index is 2.26. The molecule has 1 atom stereocenters. The van der Waals surface area contributed by atoms with E-state index in [4.69, 9.17) is 14.6 Å². The summed E-state index contributed by atoms with van der Waals surface area (Å²) in [6.07, 6.45) is -0.227. The van der Waals surface area contributed by atoms with Crippen LogP contribution >= 0.6 is 0 Å². The summed E-state index contributed by atoms with van der Waals surface area (Å²) in [7, 11) is 0. The SMILES string of the molecule is O=C1OCCN1C1(C(=O)O)CCOC1. The number of carbonyl (C=O) groups excluding carboxylic acids is 1. The van der Waals surface area contributed by atoms with Crippen molar-refractivity contribution in [3.8, 4) is 0 Å². The van der Waals surface area contributed by atoms with Crippen LogP contribution in [-0.4, -0.2) is 54.0 Å². The van der Waals surface area contributed by atoms with Gasteiger partial charge in [-0.2, -0.15) is 0 Å². The van der Waals surface area contributed by atoms with Crippen molar-refractivity contribution < 1.29 is 24.2 Å². The van der Waals surface area contributed by atoms with Gasteiger partial charge in [-0.15, -0.1) is 0 Å². The van der Waals surface area contributed by atoms with E-state index in [0.29, 0.717) is 19.6 Å². The van der Waals surface area contributed by atoms with Gasteiger partial charge in [0, 0.05) is 13.0 Å². The third-order valence-corrected chi connectivity index (χ3v) is 2.68. The van der Waals surface area contributed by atoms with Crippen molar-refractivity contribution in [1.29, 1.82) is 0 Å². The molecule has 0 radical (unpaired) electrons. The van der Waals surface area contributed by atoms with Gasteiger partial charge in [0.05, 0.1) is 13.2 Å². The maximum absolute atomic E-state index is 11.3. The maximum atomic E-state index is 11.3. The van der Waals surface area contributed by atoms with E-state index in [2.05, 4.69) is 0 Å². The summed E-state index contributed by atoms with van der Waals surface area (Å²) in [5.41, 5.74) is -1.20. The first-order valence-electron chi connectivity index (χ1n) is 4.42. The lowest BCUT2D eigenvalue weighted by Gasteiger charge is -2.30. The van der Waals surface area contributed by atoms with Crippen LogP contribution in [0, 0.1) is 0 Å². The van der Waals surface area contributed by atoms with Gasteiger partial charge in [-0.1, -0.05) is 0 Å². The standard InChI is InChI=1S/C8H11NO5/c10-6(11)8(1-3-13-5-8)9-2-4-14-7(9)12/h1-5H2,(H,10,11). The van der Waals surface area contributed by atoms with Crippen molar-refractivity contribution in [2.75, 3.05) is 26.4 Å². The monoisotopic (exact) mass is 201 g/mol. The van der Waals surface area contributed by atoms with Crippen LogP contribution in [0.2, 0.25) is 0 Å². The van der Waals surface area contributed by atoms with Crippen LogP contribution in [0.3, 0.4) is 0 Å². The number of carbonyl (C=O) groups is 2. The molecule has 2 aliphatic rings. The number of aliphatic carboxylic acids is 1. The Bertz CT molecular complexity index is 271. The smallest absolute Gasteiger partial charge is 0.410 e. The fraction of sp³-hybridized carbons (Fsp3) is 0.750. The van der Waals surface area contributed by atoms with E-state index in [0.717, 1.165) is 0 Å². The molecule has 14 heavy (non-hydrogen) atoms. The third kappa shape index (κ3) is 1.14. The second-order valence-corrected chi connectivity index (χ2v) is 3.41. The fourth-order valence-electron chi connectivity index (χ4n) is 1.83. The molecule has 0 aliphatic carbocycles. The summed E-state index contributed by atoms with van der Waals surface area (Å²) >= 11 is 0. The number of hydrogen-bond donors (Lipinski definition) is 1. The minimum Gasteiger partial charge on any atom is -0.479 e. The minimum absolute atomic E-state index is 0.0530. The third-order valence-electron chi connectivity index (χ3n) is 2.68. The molecule has 0 aromatic carbocycles. The molecular weight excluding hydrogens is 190 g/mol. The van der Waals surface area contributed by atoms with Crippen molar-refractivity contribution in [2.24, 2.45) is 0 Å². The molecular formula is C8H11NO5. The van der Waals surface area contributed by atoms with Gasteiger partial charge in [0.2, 0.25) is 0 Å². The molecule has 6 heteroatoms. The Morgan fingerprint density at radius 1 is 1.50 bits per heavy atom. The molecule has 1 N–H and O–H groups in total. The number of amides is 1. The first kappa shape index (κ1) is 9.26. The molecule has 2 rings (SSSR count). The molecule has 2 saturated heterocycles. The van der Waals surface area contributed by atoms with Gasteiger partial charge in [-0.05, 0) is 0 Å². The van der Waals surface area contributed by atoms with Crippen molar-refractivity contribution in [1.82, 2.24) is 4.90 Å². The van der Waals surface area contributed by atoms with E-state index in [1.54, 1.807) is 0 Å². The molecule has 0 spiro atoms. The first-order chi connectivity index (χ1) is 6.67. The molecule has 2 fully saturated rings. The van der Waals surface area contributed by atoms with E-state index in [9.17, 15) is 9.59 Å². The topological polar surface area (TPSA) is 76.1 Å².